The molecule has 0 amide bonds. The molecule has 6 rings (SSSR count). The summed E-state index contributed by atoms with van der Waals surface area (Å²) in [7, 11) is 0. The molecule has 6 aromatic rings. The minimum absolute atomic E-state index is 0.605. The lowest BCUT2D eigenvalue weighted by atomic mass is 9.89. The van der Waals surface area contributed by atoms with E-state index in [0.717, 1.165) is 80.8 Å². The minimum atomic E-state index is 0.605. The van der Waals surface area contributed by atoms with E-state index >= 15 is 0 Å². The molecule has 4 nitrogen and oxygen atoms in total. The first-order valence-electron chi connectivity index (χ1n) is 14.1. The maximum Gasteiger partial charge on any atom is 0.150 e. The van der Waals surface area contributed by atoms with Gasteiger partial charge in [0.25, 0.3) is 0 Å². The summed E-state index contributed by atoms with van der Waals surface area (Å²) < 4.78 is 0. The van der Waals surface area contributed by atoms with Gasteiger partial charge in [0.05, 0.1) is 0 Å². The van der Waals surface area contributed by atoms with E-state index < -0.39 is 0 Å². The Morgan fingerprint density at radius 2 is 0.386 bits per heavy atom. The van der Waals surface area contributed by atoms with Crippen molar-refractivity contribution in [3.05, 3.63) is 156 Å². The zero-order valence-electron chi connectivity index (χ0n) is 23.6. The zero-order chi connectivity index (χ0) is 30.5. The van der Waals surface area contributed by atoms with Gasteiger partial charge in [-0.2, -0.15) is 0 Å². The van der Waals surface area contributed by atoms with E-state index in [-0.39, 0.29) is 0 Å². The van der Waals surface area contributed by atoms with Crippen molar-refractivity contribution in [1.82, 2.24) is 0 Å². The Bertz CT molecular complexity index is 1700. The molecule has 210 valence electrons. The Labute approximate surface area is 255 Å². The molecule has 6 aromatic carbocycles. The van der Waals surface area contributed by atoms with Crippen LogP contribution in [0.3, 0.4) is 0 Å². The summed E-state index contributed by atoms with van der Waals surface area (Å²) >= 11 is 0. The summed E-state index contributed by atoms with van der Waals surface area (Å²) in [4.78, 5) is 45.2. The molecule has 0 atom stereocenters. The third-order valence-corrected chi connectivity index (χ3v) is 7.72. The average Bonchev–Trinajstić information content (AvgIpc) is 3.11. The molecular weight excluding hydrogens is 544 g/mol. The first-order valence-corrected chi connectivity index (χ1v) is 14.1. The Balaban J connectivity index is 1.56. The van der Waals surface area contributed by atoms with Crippen LogP contribution in [0.2, 0.25) is 0 Å². The first-order chi connectivity index (χ1) is 21.6. The predicted molar refractivity (Wildman–Crippen MR) is 175 cm³/mol. The lowest BCUT2D eigenvalue weighted by molar-refractivity contribution is 0.111. The van der Waals surface area contributed by atoms with Gasteiger partial charge in [0.15, 0.2) is 0 Å². The Morgan fingerprint density at radius 3 is 0.545 bits per heavy atom. The maximum absolute atomic E-state index is 11.3. The molecule has 0 saturated carbocycles. The van der Waals surface area contributed by atoms with Crippen molar-refractivity contribution < 1.29 is 19.2 Å². The van der Waals surface area contributed by atoms with Crippen LogP contribution >= 0.6 is 0 Å². The van der Waals surface area contributed by atoms with Gasteiger partial charge in [0.1, 0.15) is 25.1 Å². The molecule has 0 heterocycles. The second kappa shape index (κ2) is 12.5. The highest BCUT2D eigenvalue weighted by Crippen LogP contribution is 2.37. The van der Waals surface area contributed by atoms with Crippen molar-refractivity contribution in [2.45, 2.75) is 0 Å². The second-order valence-corrected chi connectivity index (χ2v) is 10.6. The normalized spacial score (nSPS) is 10.6. The summed E-state index contributed by atoms with van der Waals surface area (Å²) in [5, 5.41) is 0. The lowest BCUT2D eigenvalue weighted by Crippen LogP contribution is -1.90. The molecule has 0 aromatic heterocycles. The van der Waals surface area contributed by atoms with Gasteiger partial charge in [-0.15, -0.1) is 0 Å². The smallest absolute Gasteiger partial charge is 0.150 e. The quantitative estimate of drug-likeness (QED) is 0.163. The predicted octanol–water partition coefficient (Wildman–Crippen LogP) is 9.27. The van der Waals surface area contributed by atoms with Gasteiger partial charge in [-0.1, -0.05) is 97.1 Å². The Hall–Kier alpha value is -6.00. The topological polar surface area (TPSA) is 68.3 Å². The van der Waals surface area contributed by atoms with E-state index in [1.165, 1.54) is 0 Å². The Kier molecular flexibility index (Phi) is 7.98. The number of rotatable bonds is 9. The van der Waals surface area contributed by atoms with Crippen LogP contribution in [0.25, 0.3) is 55.6 Å². The van der Waals surface area contributed by atoms with Gasteiger partial charge < -0.3 is 0 Å². The summed E-state index contributed by atoms with van der Waals surface area (Å²) in [5.74, 6) is 0. The fraction of sp³-hybridized carbons (Fsp3) is 0. The van der Waals surface area contributed by atoms with Gasteiger partial charge in [-0.05, 0) is 92.0 Å². The number of hydrogen-bond acceptors (Lipinski definition) is 4. The highest BCUT2D eigenvalue weighted by molar-refractivity contribution is 5.88. The van der Waals surface area contributed by atoms with Crippen LogP contribution in [0, 0.1) is 0 Å². The lowest BCUT2D eigenvalue weighted by Gasteiger charge is -2.15. The van der Waals surface area contributed by atoms with Crippen LogP contribution in [0.15, 0.2) is 133 Å². The van der Waals surface area contributed by atoms with E-state index in [1.54, 1.807) is 48.5 Å². The molecule has 0 saturated heterocycles. The minimum Gasteiger partial charge on any atom is -0.298 e. The number of carbonyl (C=O) groups is 4. The van der Waals surface area contributed by atoms with Crippen molar-refractivity contribution in [1.29, 1.82) is 0 Å². The number of carbonyl (C=O) groups excluding carboxylic acids is 4. The van der Waals surface area contributed by atoms with Crippen LogP contribution in [0.5, 0.6) is 0 Å². The molecule has 4 heteroatoms. The molecule has 0 aliphatic rings. The van der Waals surface area contributed by atoms with E-state index in [2.05, 4.69) is 36.4 Å². The molecule has 44 heavy (non-hydrogen) atoms. The molecule has 0 bridgehead atoms. The number of aldehydes is 4. The van der Waals surface area contributed by atoms with Crippen LogP contribution < -0.4 is 0 Å². The standard InChI is InChI=1S/C40H26O4/c41-23-27-1-9-31(10-2-27)35-17-36(32-11-3-28(24-42)4-12-32)20-39(19-35)40-21-37(33-13-5-29(25-43)6-14-33)18-38(22-40)34-15-7-30(26-44)8-16-34/h1-26H. The highest BCUT2D eigenvalue weighted by Gasteiger charge is 2.12. The van der Waals surface area contributed by atoms with Crippen molar-refractivity contribution in [2.75, 3.05) is 0 Å². The van der Waals surface area contributed by atoms with Crippen molar-refractivity contribution in [2.24, 2.45) is 0 Å². The summed E-state index contributed by atoms with van der Waals surface area (Å²) in [6.45, 7) is 0. The van der Waals surface area contributed by atoms with E-state index in [1.807, 2.05) is 48.5 Å². The molecule has 0 aliphatic heterocycles. The molecule has 0 spiro atoms. The fourth-order valence-electron chi connectivity index (χ4n) is 5.27. The fourth-order valence-corrected chi connectivity index (χ4v) is 5.27. The van der Waals surface area contributed by atoms with Crippen LogP contribution in [0.1, 0.15) is 41.4 Å². The highest BCUT2D eigenvalue weighted by atomic mass is 16.1. The Morgan fingerprint density at radius 1 is 0.227 bits per heavy atom. The largest absolute Gasteiger partial charge is 0.298 e. The number of benzene rings is 6. The maximum atomic E-state index is 11.3. The number of hydrogen-bond donors (Lipinski definition) is 0. The molecule has 0 N–H and O–H groups in total. The van der Waals surface area contributed by atoms with Crippen LogP contribution in [-0.2, 0) is 0 Å². The SMILES string of the molecule is O=Cc1ccc(-c2cc(-c3ccc(C=O)cc3)cc(-c3cc(-c4ccc(C=O)cc4)cc(-c4ccc(C=O)cc4)c3)c2)cc1. The van der Waals surface area contributed by atoms with Crippen LogP contribution in [-0.4, -0.2) is 25.1 Å². The summed E-state index contributed by atoms with van der Waals surface area (Å²) in [6.07, 6.45) is 3.32. The molecule has 0 unspecified atom stereocenters. The zero-order valence-corrected chi connectivity index (χ0v) is 23.6. The van der Waals surface area contributed by atoms with E-state index in [0.29, 0.717) is 22.3 Å². The third kappa shape index (κ3) is 5.96. The van der Waals surface area contributed by atoms with Gasteiger partial charge in [-0.3, -0.25) is 19.2 Å². The van der Waals surface area contributed by atoms with Gasteiger partial charge >= 0.3 is 0 Å². The molecule has 0 fully saturated rings. The molecule has 0 aliphatic carbocycles. The van der Waals surface area contributed by atoms with E-state index in [9.17, 15) is 19.2 Å². The van der Waals surface area contributed by atoms with E-state index in [4.69, 9.17) is 0 Å². The third-order valence-electron chi connectivity index (χ3n) is 7.72. The van der Waals surface area contributed by atoms with Gasteiger partial charge in [0, 0.05) is 22.3 Å². The van der Waals surface area contributed by atoms with Crippen LogP contribution in [0.4, 0.5) is 0 Å². The second-order valence-electron chi connectivity index (χ2n) is 10.6. The molecule has 0 radical (unpaired) electrons. The van der Waals surface area contributed by atoms with Crippen molar-refractivity contribution >= 4 is 25.1 Å². The average molecular weight is 571 g/mol. The van der Waals surface area contributed by atoms with Gasteiger partial charge in [0.2, 0.25) is 0 Å². The monoisotopic (exact) mass is 570 g/mol. The first kappa shape index (κ1) is 28.1. The molecular formula is C40H26O4. The van der Waals surface area contributed by atoms with Gasteiger partial charge in [-0.25, -0.2) is 0 Å². The van der Waals surface area contributed by atoms with Crippen molar-refractivity contribution in [3.8, 4) is 55.6 Å². The summed E-state index contributed by atoms with van der Waals surface area (Å²) in [5.41, 5.74) is 12.2. The summed E-state index contributed by atoms with van der Waals surface area (Å²) in [6, 6.07) is 42.7. The van der Waals surface area contributed by atoms with Crippen molar-refractivity contribution in [3.63, 3.8) is 0 Å².